The lowest BCUT2D eigenvalue weighted by molar-refractivity contribution is 0.102. The molecule has 0 amide bonds. The number of nitrogen functional groups attached to an aromatic ring is 1. The largest absolute Gasteiger partial charge is 0.390 e. The fourth-order valence-corrected chi connectivity index (χ4v) is 6.27. The number of halogens is 2. The van der Waals surface area contributed by atoms with Crippen molar-refractivity contribution in [2.45, 2.75) is 25.4 Å². The van der Waals surface area contributed by atoms with Crippen molar-refractivity contribution in [3.63, 3.8) is 0 Å². The lowest BCUT2D eigenvalue weighted by Gasteiger charge is -2.44. The van der Waals surface area contributed by atoms with E-state index in [-0.39, 0.29) is 11.2 Å². The van der Waals surface area contributed by atoms with E-state index in [0.717, 1.165) is 30.8 Å². The van der Waals surface area contributed by atoms with E-state index in [9.17, 15) is 4.79 Å². The van der Waals surface area contributed by atoms with E-state index < -0.39 is 0 Å². The first-order valence-electron chi connectivity index (χ1n) is 9.10. The van der Waals surface area contributed by atoms with Crippen LogP contribution in [0.4, 0.5) is 5.00 Å². The molecule has 1 aliphatic carbocycles. The Morgan fingerprint density at radius 1 is 1.18 bits per heavy atom. The van der Waals surface area contributed by atoms with Gasteiger partial charge in [0.15, 0.2) is 5.78 Å². The van der Waals surface area contributed by atoms with Crippen molar-refractivity contribution in [2.75, 3.05) is 12.3 Å². The van der Waals surface area contributed by atoms with Gasteiger partial charge in [0.1, 0.15) is 0 Å². The van der Waals surface area contributed by atoms with E-state index in [1.54, 1.807) is 6.07 Å². The summed E-state index contributed by atoms with van der Waals surface area (Å²) >= 11 is 14.1. The number of fused-ring (bicyclic) bond motifs is 2. The monoisotopic (exact) mass is 428 g/mol. The lowest BCUT2D eigenvalue weighted by atomic mass is 9.66. The number of carbonyl (C=O) groups excluding carboxylic acids is 1. The molecule has 142 valence electrons. The smallest absolute Gasteiger partial charge is 0.196 e. The van der Waals surface area contributed by atoms with Crippen molar-refractivity contribution in [1.82, 2.24) is 4.90 Å². The summed E-state index contributed by atoms with van der Waals surface area (Å²) in [5.41, 5.74) is 10.5. The Balaban J connectivity index is 1.68. The van der Waals surface area contributed by atoms with Crippen LogP contribution in [-0.4, -0.2) is 17.2 Å². The third-order valence-corrected chi connectivity index (χ3v) is 7.57. The number of hydrogen-bond donors (Lipinski definition) is 1. The number of ketones is 1. The molecule has 2 aliphatic rings. The summed E-state index contributed by atoms with van der Waals surface area (Å²) in [6, 6.07) is 14.0. The summed E-state index contributed by atoms with van der Waals surface area (Å²) in [7, 11) is 0. The van der Waals surface area contributed by atoms with Crippen LogP contribution in [0.1, 0.15) is 44.4 Å². The van der Waals surface area contributed by atoms with Gasteiger partial charge in [0.05, 0.1) is 20.6 Å². The van der Waals surface area contributed by atoms with Crippen LogP contribution >= 0.6 is 34.5 Å². The average molecular weight is 429 g/mol. The molecule has 0 fully saturated rings. The molecule has 1 aromatic heterocycles. The van der Waals surface area contributed by atoms with Gasteiger partial charge in [-0.05, 0) is 28.8 Å². The van der Waals surface area contributed by atoms with Crippen molar-refractivity contribution in [3.05, 3.63) is 85.2 Å². The number of anilines is 1. The Bertz CT molecular complexity index is 1130. The highest BCUT2D eigenvalue weighted by molar-refractivity contribution is 7.16. The molecule has 0 saturated heterocycles. The maximum atomic E-state index is 13.2. The second-order valence-electron chi connectivity index (χ2n) is 7.74. The molecular weight excluding hydrogens is 411 g/mol. The zero-order chi connectivity index (χ0) is 19.6. The first-order chi connectivity index (χ1) is 13.4. The van der Waals surface area contributed by atoms with Crippen molar-refractivity contribution in [1.29, 1.82) is 0 Å². The molecule has 1 unspecified atom stereocenters. The second-order valence-corrected chi connectivity index (χ2v) is 9.69. The summed E-state index contributed by atoms with van der Waals surface area (Å²) < 4.78 is 0. The fraction of sp³-hybridized carbons (Fsp3) is 0.227. The summed E-state index contributed by atoms with van der Waals surface area (Å²) in [5, 5.41) is 1.47. The molecule has 2 N–H and O–H groups in total. The first-order valence-corrected chi connectivity index (χ1v) is 10.7. The first kappa shape index (κ1) is 18.2. The van der Waals surface area contributed by atoms with E-state index in [1.165, 1.54) is 21.8 Å². The molecule has 3 nitrogen and oxygen atoms in total. The van der Waals surface area contributed by atoms with Crippen LogP contribution in [0.15, 0.2) is 42.5 Å². The van der Waals surface area contributed by atoms with Crippen LogP contribution in [0.2, 0.25) is 10.0 Å². The molecule has 0 bridgehead atoms. The minimum atomic E-state index is -0.358. The predicted molar refractivity (Wildman–Crippen MR) is 116 cm³/mol. The third-order valence-electron chi connectivity index (χ3n) is 5.84. The Hall–Kier alpha value is -1.85. The standard InChI is InChI=1S/C22H18Cl2N2OS/c1-22-11-26(9-12-5-3-2-4-6-12)10-17-19(22)18(21(25)28-17)20(27)13-7-15(23)16(24)8-14(13)22/h2-8H,9-11,25H2,1H3. The van der Waals surface area contributed by atoms with Crippen molar-refractivity contribution >= 4 is 45.3 Å². The summed E-state index contributed by atoms with van der Waals surface area (Å²) in [6.45, 7) is 4.61. The van der Waals surface area contributed by atoms with E-state index in [4.69, 9.17) is 28.9 Å². The summed E-state index contributed by atoms with van der Waals surface area (Å²) in [5.74, 6) is -0.0439. The topological polar surface area (TPSA) is 46.3 Å². The zero-order valence-corrected chi connectivity index (χ0v) is 17.6. The van der Waals surface area contributed by atoms with Gasteiger partial charge in [0.2, 0.25) is 0 Å². The molecule has 6 heteroatoms. The Morgan fingerprint density at radius 3 is 2.64 bits per heavy atom. The maximum absolute atomic E-state index is 13.2. The summed E-state index contributed by atoms with van der Waals surface area (Å²) in [6.07, 6.45) is 0. The predicted octanol–water partition coefficient (Wildman–Crippen LogP) is 5.50. The number of carbonyl (C=O) groups is 1. The highest BCUT2D eigenvalue weighted by Crippen LogP contribution is 2.52. The molecule has 3 aromatic rings. The van der Waals surface area contributed by atoms with Gasteiger partial charge >= 0.3 is 0 Å². The number of nitrogens with two attached hydrogens (primary N) is 1. The maximum Gasteiger partial charge on any atom is 0.196 e. The van der Waals surface area contributed by atoms with Crippen LogP contribution < -0.4 is 5.73 Å². The van der Waals surface area contributed by atoms with Gasteiger partial charge in [0.25, 0.3) is 0 Å². The van der Waals surface area contributed by atoms with Gasteiger partial charge < -0.3 is 5.73 Å². The number of benzene rings is 2. The fourth-order valence-electron chi connectivity index (χ4n) is 4.70. The van der Waals surface area contributed by atoms with E-state index >= 15 is 0 Å². The molecular formula is C22H18Cl2N2OS. The molecule has 0 radical (unpaired) electrons. The molecule has 0 saturated carbocycles. The number of hydrogen-bond acceptors (Lipinski definition) is 4. The van der Waals surface area contributed by atoms with Gasteiger partial charge in [0, 0.05) is 35.5 Å². The molecule has 1 aliphatic heterocycles. The van der Waals surface area contributed by atoms with Crippen molar-refractivity contribution < 1.29 is 4.79 Å². The molecule has 28 heavy (non-hydrogen) atoms. The molecule has 0 spiro atoms. The van der Waals surface area contributed by atoms with Crippen LogP contribution in [0, 0.1) is 0 Å². The molecule has 2 heterocycles. The minimum absolute atomic E-state index is 0.0439. The van der Waals surface area contributed by atoms with Gasteiger partial charge in [-0.15, -0.1) is 11.3 Å². The van der Waals surface area contributed by atoms with E-state index in [1.807, 2.05) is 12.1 Å². The van der Waals surface area contributed by atoms with Gasteiger partial charge in [-0.2, -0.15) is 0 Å². The Labute approximate surface area is 177 Å². The van der Waals surface area contributed by atoms with E-state index in [2.05, 4.69) is 36.1 Å². The highest BCUT2D eigenvalue weighted by atomic mass is 35.5. The zero-order valence-electron chi connectivity index (χ0n) is 15.3. The SMILES string of the molecule is CC12CN(Cc3ccccc3)Cc3sc(N)c(c31)C(=O)c1cc(Cl)c(Cl)cc12. The molecule has 2 aromatic carbocycles. The number of rotatable bonds is 2. The van der Waals surface area contributed by atoms with Gasteiger partial charge in [-0.3, -0.25) is 9.69 Å². The quantitative estimate of drug-likeness (QED) is 0.585. The number of nitrogens with zero attached hydrogens (tertiary/aromatic N) is 1. The third kappa shape index (κ3) is 2.56. The normalized spacial score (nSPS) is 20.8. The van der Waals surface area contributed by atoms with Crippen LogP contribution in [-0.2, 0) is 18.5 Å². The minimum Gasteiger partial charge on any atom is -0.390 e. The van der Waals surface area contributed by atoms with Crippen LogP contribution in [0.5, 0.6) is 0 Å². The lowest BCUT2D eigenvalue weighted by Crippen LogP contribution is -2.47. The summed E-state index contributed by atoms with van der Waals surface area (Å²) in [4.78, 5) is 16.8. The van der Waals surface area contributed by atoms with Crippen molar-refractivity contribution in [3.8, 4) is 0 Å². The van der Waals surface area contributed by atoms with Crippen LogP contribution in [0.25, 0.3) is 0 Å². The highest BCUT2D eigenvalue weighted by Gasteiger charge is 2.48. The molecule has 5 rings (SSSR count). The van der Waals surface area contributed by atoms with E-state index in [0.29, 0.717) is 26.2 Å². The second kappa shape index (κ2) is 6.33. The average Bonchev–Trinajstić information content (AvgIpc) is 2.99. The van der Waals surface area contributed by atoms with Gasteiger partial charge in [-0.1, -0.05) is 60.5 Å². The van der Waals surface area contributed by atoms with Crippen LogP contribution in [0.3, 0.4) is 0 Å². The van der Waals surface area contributed by atoms with Gasteiger partial charge in [-0.25, -0.2) is 0 Å². The Kier molecular flexibility index (Phi) is 4.11. The Morgan fingerprint density at radius 2 is 1.89 bits per heavy atom. The molecule has 1 atom stereocenters. The number of thiophene rings is 1. The van der Waals surface area contributed by atoms with Crippen molar-refractivity contribution in [2.24, 2.45) is 0 Å².